The van der Waals surface area contributed by atoms with E-state index < -0.39 is 26.2 Å². The highest BCUT2D eigenvalue weighted by Gasteiger charge is 2.41. The van der Waals surface area contributed by atoms with E-state index in [1.54, 1.807) is 12.1 Å². The standard InChI is InChI=1S/C34H33NO2P2S/c1-2-3-16-29-25-27-34(28-26-29)40(36,37)35(38(30-17-8-4-9-18-30)31-19-10-5-11-20-31)39(32-21-12-6-13-22-32)33-23-14-7-15-24-33/h4-15,17-28H,2-3,16H2,1H3. The van der Waals surface area contributed by atoms with Crippen molar-refractivity contribution in [3.8, 4) is 0 Å². The summed E-state index contributed by atoms with van der Waals surface area (Å²) in [5, 5.41) is 3.97. The zero-order valence-corrected chi connectivity index (χ0v) is 25.1. The van der Waals surface area contributed by atoms with Crippen LogP contribution in [0.4, 0.5) is 0 Å². The van der Waals surface area contributed by atoms with Crippen LogP contribution in [0.5, 0.6) is 0 Å². The van der Waals surface area contributed by atoms with Gasteiger partial charge in [0.2, 0.25) is 0 Å². The van der Waals surface area contributed by atoms with Crippen LogP contribution >= 0.6 is 16.1 Å². The molecule has 0 spiro atoms. The van der Waals surface area contributed by atoms with Crippen molar-refractivity contribution in [2.24, 2.45) is 0 Å². The molecule has 40 heavy (non-hydrogen) atoms. The van der Waals surface area contributed by atoms with Crippen LogP contribution in [-0.2, 0) is 16.4 Å². The van der Waals surface area contributed by atoms with Crippen LogP contribution in [-0.4, -0.2) is 12.3 Å². The largest absolute Gasteiger partial charge is 0.250 e. The molecule has 6 heteroatoms. The van der Waals surface area contributed by atoms with Gasteiger partial charge in [0.1, 0.15) is 0 Å². The van der Waals surface area contributed by atoms with Crippen LogP contribution in [0.2, 0.25) is 0 Å². The van der Waals surface area contributed by atoms with E-state index in [2.05, 4.69) is 55.5 Å². The molecule has 0 aliphatic rings. The molecule has 3 nitrogen and oxygen atoms in total. The van der Waals surface area contributed by atoms with Gasteiger partial charge in [0, 0.05) is 16.1 Å². The van der Waals surface area contributed by atoms with Gasteiger partial charge in [-0.1, -0.05) is 147 Å². The van der Waals surface area contributed by atoms with Crippen molar-refractivity contribution in [3.63, 3.8) is 0 Å². The topological polar surface area (TPSA) is 37.4 Å². The van der Waals surface area contributed by atoms with Gasteiger partial charge in [-0.15, -0.1) is 3.85 Å². The Bertz CT molecular complexity index is 1420. The highest BCUT2D eigenvalue weighted by atomic mass is 32.2. The molecule has 0 amide bonds. The molecule has 5 aromatic rings. The fraction of sp³-hybridized carbons (Fsp3) is 0.118. The second kappa shape index (κ2) is 13.5. The first-order chi connectivity index (χ1) is 19.6. The maximum Gasteiger partial charge on any atom is 0.250 e. The van der Waals surface area contributed by atoms with Crippen LogP contribution in [0.25, 0.3) is 0 Å². The number of nitrogens with zero attached hydrogens (tertiary/aromatic N) is 1. The lowest BCUT2D eigenvalue weighted by atomic mass is 10.1. The minimum atomic E-state index is -3.94. The van der Waals surface area contributed by atoms with Gasteiger partial charge in [-0.05, 0) is 51.8 Å². The van der Waals surface area contributed by atoms with Gasteiger partial charge in [0.05, 0.1) is 4.90 Å². The molecule has 0 aliphatic carbocycles. The Balaban J connectivity index is 1.77. The van der Waals surface area contributed by atoms with Crippen molar-refractivity contribution < 1.29 is 8.42 Å². The van der Waals surface area contributed by atoms with E-state index in [-0.39, 0.29) is 0 Å². The second-order valence-electron chi connectivity index (χ2n) is 9.44. The molecule has 0 aliphatic heterocycles. The first-order valence-electron chi connectivity index (χ1n) is 13.5. The van der Waals surface area contributed by atoms with Gasteiger partial charge in [-0.3, -0.25) is 0 Å². The molecule has 5 rings (SSSR count). The van der Waals surface area contributed by atoms with Crippen LogP contribution in [0.3, 0.4) is 0 Å². The third-order valence-electron chi connectivity index (χ3n) is 6.60. The lowest BCUT2D eigenvalue weighted by Crippen LogP contribution is -2.35. The van der Waals surface area contributed by atoms with Crippen LogP contribution in [0.1, 0.15) is 25.3 Å². The SMILES string of the molecule is CCCCc1ccc(S(=O)(=O)N(P(c2ccccc2)c2ccccc2)P(c2ccccc2)c2ccccc2)cc1. The minimum absolute atomic E-state index is 0.325. The molecule has 0 unspecified atom stereocenters. The Morgan fingerprint density at radius 3 is 1.20 bits per heavy atom. The average Bonchev–Trinajstić information content (AvgIpc) is 3.02. The smallest absolute Gasteiger partial charge is 0.206 e. The quantitative estimate of drug-likeness (QED) is 0.156. The van der Waals surface area contributed by atoms with Crippen molar-refractivity contribution >= 4 is 47.4 Å². The van der Waals surface area contributed by atoms with Gasteiger partial charge < -0.3 is 0 Å². The summed E-state index contributed by atoms with van der Waals surface area (Å²) in [6.45, 7) is 2.17. The molecule has 0 saturated carbocycles. The maximum absolute atomic E-state index is 15.0. The molecular formula is C34H33NO2P2S. The fourth-order valence-electron chi connectivity index (χ4n) is 4.58. The summed E-state index contributed by atoms with van der Waals surface area (Å²) in [5.41, 5.74) is 1.16. The van der Waals surface area contributed by atoms with Crippen molar-refractivity contribution in [2.75, 3.05) is 0 Å². The van der Waals surface area contributed by atoms with Gasteiger partial charge in [0.25, 0.3) is 10.0 Å². The number of aryl methyl sites for hydroxylation is 1. The predicted octanol–water partition coefficient (Wildman–Crippen LogP) is 7.12. The van der Waals surface area contributed by atoms with E-state index in [9.17, 15) is 8.42 Å². The number of benzene rings is 5. The van der Waals surface area contributed by atoms with Gasteiger partial charge in [0.15, 0.2) is 0 Å². The molecule has 202 valence electrons. The maximum atomic E-state index is 15.0. The zero-order valence-electron chi connectivity index (χ0n) is 22.5. The predicted molar refractivity (Wildman–Crippen MR) is 172 cm³/mol. The third kappa shape index (κ3) is 6.43. The van der Waals surface area contributed by atoms with Crippen molar-refractivity contribution in [1.29, 1.82) is 0 Å². The summed E-state index contributed by atoms with van der Waals surface area (Å²) in [6, 6.07) is 47.8. The lowest BCUT2D eigenvalue weighted by Gasteiger charge is -2.38. The molecule has 0 N–H and O–H groups in total. The van der Waals surface area contributed by atoms with Gasteiger partial charge in [-0.2, -0.15) is 0 Å². The van der Waals surface area contributed by atoms with Crippen molar-refractivity contribution in [2.45, 2.75) is 31.1 Å². The molecule has 0 saturated heterocycles. The fourth-order valence-corrected chi connectivity index (χ4v) is 13.8. The number of hydrogen-bond donors (Lipinski definition) is 0. The Kier molecular flexibility index (Phi) is 9.57. The van der Waals surface area contributed by atoms with Gasteiger partial charge in [-0.25, -0.2) is 8.42 Å². The molecule has 0 heterocycles. The Labute approximate surface area is 241 Å². The minimum Gasteiger partial charge on any atom is -0.206 e. The molecule has 0 fully saturated rings. The van der Waals surface area contributed by atoms with Crippen molar-refractivity contribution in [1.82, 2.24) is 3.85 Å². The number of hydrogen-bond acceptors (Lipinski definition) is 2. The lowest BCUT2D eigenvalue weighted by molar-refractivity contribution is 0.580. The molecule has 0 radical (unpaired) electrons. The Hall–Kier alpha value is -3.13. The van der Waals surface area contributed by atoms with Crippen molar-refractivity contribution in [3.05, 3.63) is 151 Å². The van der Waals surface area contributed by atoms with Gasteiger partial charge >= 0.3 is 0 Å². The van der Waals surface area contributed by atoms with Crippen LogP contribution in [0, 0.1) is 0 Å². The molecule has 5 aromatic carbocycles. The Morgan fingerprint density at radius 1 is 0.525 bits per heavy atom. The monoisotopic (exact) mass is 581 g/mol. The molecule has 0 atom stereocenters. The first-order valence-corrected chi connectivity index (χ1v) is 17.6. The number of unbranched alkanes of at least 4 members (excludes halogenated alkanes) is 1. The first kappa shape index (κ1) is 28.4. The van der Waals surface area contributed by atoms with Crippen LogP contribution in [0.15, 0.2) is 150 Å². The summed E-state index contributed by atoms with van der Waals surface area (Å²) < 4.78 is 31.8. The van der Waals surface area contributed by atoms with E-state index in [1.165, 1.54) is 0 Å². The second-order valence-corrected chi connectivity index (χ2v) is 16.2. The average molecular weight is 582 g/mol. The summed E-state index contributed by atoms with van der Waals surface area (Å²) >= 11 is 0. The summed E-state index contributed by atoms with van der Waals surface area (Å²) in [7, 11) is -6.85. The molecule has 0 bridgehead atoms. The normalized spacial score (nSPS) is 11.8. The van der Waals surface area contributed by atoms with E-state index in [1.807, 2.05) is 88.8 Å². The summed E-state index contributed by atoms with van der Waals surface area (Å²) in [4.78, 5) is 0.325. The van der Waals surface area contributed by atoms with E-state index in [4.69, 9.17) is 0 Å². The Morgan fingerprint density at radius 2 is 0.875 bits per heavy atom. The molecular weight excluding hydrogens is 548 g/mol. The van der Waals surface area contributed by atoms with E-state index >= 15 is 0 Å². The van der Waals surface area contributed by atoms with E-state index in [0.29, 0.717) is 4.90 Å². The highest BCUT2D eigenvalue weighted by Crippen LogP contribution is 2.57. The van der Waals surface area contributed by atoms with Crippen LogP contribution < -0.4 is 21.2 Å². The molecule has 0 aromatic heterocycles. The number of sulfonamides is 1. The third-order valence-corrected chi connectivity index (χ3v) is 15.1. The summed E-state index contributed by atoms with van der Waals surface area (Å²) in [6.07, 6.45) is 3.13. The summed E-state index contributed by atoms with van der Waals surface area (Å²) in [5.74, 6) is 0. The number of rotatable bonds is 11. The van der Waals surface area contributed by atoms with E-state index in [0.717, 1.165) is 46.0 Å². The highest BCUT2D eigenvalue weighted by molar-refractivity contribution is 8.06. The zero-order chi connectivity index (χ0) is 27.8.